The average Bonchev–Trinajstić information content (AvgIpc) is 3.09. The summed E-state index contributed by atoms with van der Waals surface area (Å²) in [6.07, 6.45) is 4.79. The first kappa shape index (κ1) is 15.4. The molecule has 0 radical (unpaired) electrons. The van der Waals surface area contributed by atoms with E-state index in [1.807, 2.05) is 36.5 Å². The quantitative estimate of drug-likeness (QED) is 0.747. The molecule has 0 saturated carbocycles. The highest BCUT2D eigenvalue weighted by Gasteiger charge is 2.11. The lowest BCUT2D eigenvalue weighted by molar-refractivity contribution is 0.0690. The van der Waals surface area contributed by atoms with E-state index in [1.165, 1.54) is 18.3 Å². The Morgan fingerprint density at radius 2 is 1.96 bits per heavy atom. The minimum Gasteiger partial charge on any atom is -0.477 e. The Labute approximate surface area is 137 Å². The highest BCUT2D eigenvalue weighted by atomic mass is 16.4. The second-order valence-corrected chi connectivity index (χ2v) is 5.05. The highest BCUT2D eigenvalue weighted by Crippen LogP contribution is 2.08. The molecule has 0 fully saturated rings. The van der Waals surface area contributed by atoms with Gasteiger partial charge in [-0.2, -0.15) is 5.10 Å². The van der Waals surface area contributed by atoms with Crippen LogP contribution in [0.5, 0.6) is 0 Å². The number of nitrogens with zero attached hydrogens (tertiary/aromatic N) is 3. The third kappa shape index (κ3) is 3.46. The second-order valence-electron chi connectivity index (χ2n) is 5.05. The maximum Gasteiger partial charge on any atom is 0.354 e. The first-order chi connectivity index (χ1) is 11.6. The molecular formula is C17H14N4O3. The number of carboxylic acid groups (broad SMARTS) is 1. The lowest BCUT2D eigenvalue weighted by Crippen LogP contribution is -2.23. The number of carbonyl (C=O) groups excluding carboxylic acids is 1. The van der Waals surface area contributed by atoms with Crippen LogP contribution in [0, 0.1) is 0 Å². The molecule has 1 aromatic carbocycles. The zero-order chi connectivity index (χ0) is 16.9. The number of benzene rings is 1. The van der Waals surface area contributed by atoms with Crippen LogP contribution in [0.2, 0.25) is 0 Å². The number of hydrogen-bond acceptors (Lipinski definition) is 4. The summed E-state index contributed by atoms with van der Waals surface area (Å²) in [4.78, 5) is 26.7. The predicted molar refractivity (Wildman–Crippen MR) is 85.9 cm³/mol. The molecule has 0 spiro atoms. The van der Waals surface area contributed by atoms with Crippen molar-refractivity contribution in [1.29, 1.82) is 0 Å². The van der Waals surface area contributed by atoms with Crippen molar-refractivity contribution >= 4 is 11.9 Å². The summed E-state index contributed by atoms with van der Waals surface area (Å²) in [6.45, 7) is 0.288. The fourth-order valence-electron chi connectivity index (χ4n) is 2.15. The third-order valence-corrected chi connectivity index (χ3v) is 3.35. The first-order valence-corrected chi connectivity index (χ1v) is 7.20. The van der Waals surface area contributed by atoms with Crippen LogP contribution >= 0.6 is 0 Å². The van der Waals surface area contributed by atoms with Crippen LogP contribution < -0.4 is 5.32 Å². The highest BCUT2D eigenvalue weighted by molar-refractivity contribution is 5.96. The largest absolute Gasteiger partial charge is 0.477 e. The number of hydrogen-bond donors (Lipinski definition) is 2. The molecule has 0 aliphatic heterocycles. The van der Waals surface area contributed by atoms with Crippen LogP contribution in [0.4, 0.5) is 0 Å². The second kappa shape index (κ2) is 6.74. The minimum absolute atomic E-state index is 0.167. The average molecular weight is 322 g/mol. The van der Waals surface area contributed by atoms with Crippen molar-refractivity contribution in [2.45, 2.75) is 6.54 Å². The molecule has 0 saturated heterocycles. The topological polar surface area (TPSA) is 97.1 Å². The van der Waals surface area contributed by atoms with Gasteiger partial charge >= 0.3 is 5.97 Å². The molecule has 7 heteroatoms. The number of carboxylic acids is 1. The molecule has 7 nitrogen and oxygen atoms in total. The monoisotopic (exact) mass is 322 g/mol. The van der Waals surface area contributed by atoms with Crippen molar-refractivity contribution < 1.29 is 14.7 Å². The van der Waals surface area contributed by atoms with Crippen LogP contribution in [0.25, 0.3) is 5.69 Å². The molecule has 3 rings (SSSR count). The standard InChI is InChI=1S/C17H14N4O3/c22-16(13-6-7-18-15(8-13)17(23)24)19-9-12-10-20-21(11-12)14-4-2-1-3-5-14/h1-8,10-11H,9H2,(H,19,22)(H,23,24). The molecule has 3 aromatic rings. The van der Waals surface area contributed by atoms with Crippen molar-refractivity contribution in [1.82, 2.24) is 20.1 Å². The van der Waals surface area contributed by atoms with E-state index < -0.39 is 5.97 Å². The van der Waals surface area contributed by atoms with Gasteiger partial charge < -0.3 is 10.4 Å². The number of carbonyl (C=O) groups is 2. The van der Waals surface area contributed by atoms with Gasteiger partial charge in [0.25, 0.3) is 5.91 Å². The molecule has 120 valence electrons. The van der Waals surface area contributed by atoms with Crippen molar-refractivity contribution in [3.63, 3.8) is 0 Å². The van der Waals surface area contributed by atoms with Gasteiger partial charge in [0.15, 0.2) is 0 Å². The normalized spacial score (nSPS) is 10.3. The molecule has 0 unspecified atom stereocenters. The fraction of sp³-hybridized carbons (Fsp3) is 0.0588. The van der Waals surface area contributed by atoms with Crippen LogP contribution in [0.1, 0.15) is 26.4 Å². The van der Waals surface area contributed by atoms with E-state index in [4.69, 9.17) is 5.11 Å². The van der Waals surface area contributed by atoms with E-state index in [1.54, 1.807) is 10.9 Å². The Morgan fingerprint density at radius 3 is 2.71 bits per heavy atom. The van der Waals surface area contributed by atoms with Crippen LogP contribution in [0.15, 0.2) is 61.1 Å². The molecule has 2 aromatic heterocycles. The van der Waals surface area contributed by atoms with Crippen molar-refractivity contribution in [2.75, 3.05) is 0 Å². The van der Waals surface area contributed by atoms with Gasteiger partial charge in [0.1, 0.15) is 5.69 Å². The number of nitrogens with one attached hydrogen (secondary N) is 1. The molecule has 0 atom stereocenters. The molecule has 0 aliphatic carbocycles. The minimum atomic E-state index is -1.17. The van der Waals surface area contributed by atoms with Crippen LogP contribution in [-0.4, -0.2) is 31.7 Å². The van der Waals surface area contributed by atoms with Crippen LogP contribution in [-0.2, 0) is 6.54 Å². The van der Waals surface area contributed by atoms with Gasteiger partial charge in [0, 0.05) is 30.1 Å². The van der Waals surface area contributed by atoms with Gasteiger partial charge in [-0.1, -0.05) is 18.2 Å². The lowest BCUT2D eigenvalue weighted by Gasteiger charge is -2.04. The molecule has 0 aliphatic rings. The smallest absolute Gasteiger partial charge is 0.354 e. The van der Waals surface area contributed by atoms with Crippen molar-refractivity contribution in [3.8, 4) is 5.69 Å². The van der Waals surface area contributed by atoms with E-state index >= 15 is 0 Å². The number of aromatic carboxylic acids is 1. The van der Waals surface area contributed by atoms with E-state index in [0.29, 0.717) is 0 Å². The predicted octanol–water partition coefficient (Wildman–Crippen LogP) is 1.90. The zero-order valence-electron chi connectivity index (χ0n) is 12.6. The molecular weight excluding hydrogens is 308 g/mol. The number of amides is 1. The van der Waals surface area contributed by atoms with Crippen molar-refractivity contribution in [3.05, 3.63) is 77.9 Å². The Balaban J connectivity index is 1.66. The number of aromatic nitrogens is 3. The molecule has 24 heavy (non-hydrogen) atoms. The molecule has 2 N–H and O–H groups in total. The number of pyridine rings is 1. The SMILES string of the molecule is O=C(NCc1cnn(-c2ccccc2)c1)c1ccnc(C(=O)O)c1. The summed E-state index contributed by atoms with van der Waals surface area (Å²) in [5.41, 5.74) is 1.84. The maximum absolute atomic E-state index is 12.1. The summed E-state index contributed by atoms with van der Waals surface area (Å²) in [5, 5.41) is 15.9. The zero-order valence-corrected chi connectivity index (χ0v) is 12.6. The molecule has 1 amide bonds. The molecule has 2 heterocycles. The summed E-state index contributed by atoms with van der Waals surface area (Å²) in [6, 6.07) is 12.3. The van der Waals surface area contributed by atoms with E-state index in [-0.39, 0.29) is 23.7 Å². The lowest BCUT2D eigenvalue weighted by atomic mass is 10.2. The van der Waals surface area contributed by atoms with Crippen LogP contribution in [0.3, 0.4) is 0 Å². The fourth-order valence-corrected chi connectivity index (χ4v) is 2.15. The summed E-state index contributed by atoms with van der Waals surface area (Å²) in [5.74, 6) is -1.54. The van der Waals surface area contributed by atoms with Crippen molar-refractivity contribution in [2.24, 2.45) is 0 Å². The Morgan fingerprint density at radius 1 is 1.17 bits per heavy atom. The maximum atomic E-state index is 12.1. The Bertz CT molecular complexity index is 874. The molecule has 0 bridgehead atoms. The number of para-hydroxylation sites is 1. The summed E-state index contributed by atoms with van der Waals surface area (Å²) in [7, 11) is 0. The number of rotatable bonds is 5. The van der Waals surface area contributed by atoms with Gasteiger partial charge in [-0.15, -0.1) is 0 Å². The van der Waals surface area contributed by atoms with E-state index in [2.05, 4.69) is 15.4 Å². The van der Waals surface area contributed by atoms with Gasteiger partial charge in [0.2, 0.25) is 0 Å². The Hall–Kier alpha value is -3.48. The van der Waals surface area contributed by atoms with Gasteiger partial charge in [-0.3, -0.25) is 4.79 Å². The van der Waals surface area contributed by atoms with Gasteiger partial charge in [-0.25, -0.2) is 14.5 Å². The summed E-state index contributed by atoms with van der Waals surface area (Å²) < 4.78 is 1.72. The summed E-state index contributed by atoms with van der Waals surface area (Å²) >= 11 is 0. The Kier molecular flexibility index (Phi) is 4.33. The van der Waals surface area contributed by atoms with Gasteiger partial charge in [-0.05, 0) is 24.3 Å². The van der Waals surface area contributed by atoms with Gasteiger partial charge in [0.05, 0.1) is 11.9 Å². The first-order valence-electron chi connectivity index (χ1n) is 7.20. The third-order valence-electron chi connectivity index (χ3n) is 3.35. The van der Waals surface area contributed by atoms with E-state index in [0.717, 1.165) is 11.3 Å². The van der Waals surface area contributed by atoms with E-state index in [9.17, 15) is 9.59 Å².